The van der Waals surface area contributed by atoms with Crippen molar-refractivity contribution in [3.8, 4) is 0 Å². The van der Waals surface area contributed by atoms with Crippen LogP contribution in [0.1, 0.15) is 91.9 Å². The Morgan fingerprint density at radius 1 is 0.630 bits per heavy atom. The molecular formula is C20H38O4S2Zn. The van der Waals surface area contributed by atoms with Gasteiger partial charge >= 0.3 is 19.5 Å². The van der Waals surface area contributed by atoms with Gasteiger partial charge in [0, 0.05) is 10.5 Å². The number of carbonyl (C=O) groups excluding carboxylic acids is 2. The molecule has 0 bridgehead atoms. The SMILES string of the molecule is CC(C)CCCCCC(S)C(=O)[O-].CC(C)CCCCCC(S)C(=O)[O-].[Zn+2]. The van der Waals surface area contributed by atoms with E-state index in [1.165, 1.54) is 25.7 Å². The van der Waals surface area contributed by atoms with Gasteiger partial charge in [0.25, 0.3) is 0 Å². The van der Waals surface area contributed by atoms with Crippen LogP contribution in [-0.2, 0) is 29.1 Å². The molecule has 0 N–H and O–H groups in total. The fraction of sp³-hybridized carbons (Fsp3) is 0.900. The summed E-state index contributed by atoms with van der Waals surface area (Å²) in [5.41, 5.74) is 0. The maximum atomic E-state index is 10.3. The van der Waals surface area contributed by atoms with Crippen molar-refractivity contribution in [2.45, 2.75) is 102 Å². The number of thiol groups is 2. The number of carbonyl (C=O) groups is 2. The molecule has 0 aliphatic rings. The minimum atomic E-state index is -1.05. The van der Waals surface area contributed by atoms with Gasteiger partial charge in [0.1, 0.15) is 0 Å². The van der Waals surface area contributed by atoms with Crippen molar-refractivity contribution in [1.82, 2.24) is 0 Å². The Bertz CT molecular complexity index is 332. The molecule has 2 atom stereocenters. The van der Waals surface area contributed by atoms with Crippen molar-refractivity contribution in [2.75, 3.05) is 0 Å². The molecule has 0 rings (SSSR count). The van der Waals surface area contributed by atoms with Gasteiger partial charge in [-0.1, -0.05) is 79.1 Å². The predicted molar refractivity (Wildman–Crippen MR) is 111 cm³/mol. The van der Waals surface area contributed by atoms with Crippen molar-refractivity contribution in [3.63, 3.8) is 0 Å². The van der Waals surface area contributed by atoms with E-state index < -0.39 is 22.4 Å². The number of hydrogen-bond acceptors (Lipinski definition) is 6. The van der Waals surface area contributed by atoms with Crippen LogP contribution in [0.15, 0.2) is 0 Å². The zero-order chi connectivity index (χ0) is 20.5. The molecule has 0 amide bonds. The Kier molecular flexibility index (Phi) is 24.8. The number of aliphatic carboxylic acids is 2. The van der Waals surface area contributed by atoms with Crippen LogP contribution in [0.2, 0.25) is 0 Å². The van der Waals surface area contributed by atoms with Crippen LogP contribution in [0.5, 0.6) is 0 Å². The number of rotatable bonds is 14. The Balaban J connectivity index is -0.000000411. The van der Waals surface area contributed by atoms with E-state index in [0.29, 0.717) is 12.8 Å². The molecule has 0 heterocycles. The molecule has 0 aromatic heterocycles. The first-order valence-corrected chi connectivity index (χ1v) is 10.9. The number of carboxylic acid groups (broad SMARTS) is 2. The Morgan fingerprint density at radius 3 is 1.11 bits per heavy atom. The normalized spacial score (nSPS) is 12.7. The summed E-state index contributed by atoms with van der Waals surface area (Å²) >= 11 is 7.81. The third-order valence-electron chi connectivity index (χ3n) is 4.06. The molecule has 156 valence electrons. The van der Waals surface area contributed by atoms with Crippen molar-refractivity contribution < 1.29 is 39.3 Å². The smallest absolute Gasteiger partial charge is 0.549 e. The summed E-state index contributed by atoms with van der Waals surface area (Å²) < 4.78 is 0. The fourth-order valence-electron chi connectivity index (χ4n) is 2.37. The Labute approximate surface area is 190 Å². The fourth-order valence-corrected chi connectivity index (χ4v) is 2.73. The van der Waals surface area contributed by atoms with Crippen LogP contribution in [0, 0.1) is 11.8 Å². The molecule has 0 aromatic rings. The van der Waals surface area contributed by atoms with Crippen molar-refractivity contribution in [2.24, 2.45) is 11.8 Å². The first kappa shape index (κ1) is 31.9. The maximum Gasteiger partial charge on any atom is 2.00 e. The Hall–Kier alpha value is 0.263. The summed E-state index contributed by atoms with van der Waals surface area (Å²) in [5, 5.41) is 19.4. The van der Waals surface area contributed by atoms with Gasteiger partial charge in [-0.2, -0.15) is 25.3 Å². The summed E-state index contributed by atoms with van der Waals surface area (Å²) in [6.45, 7) is 8.79. The molecule has 2 unspecified atom stereocenters. The number of carboxylic acids is 2. The van der Waals surface area contributed by atoms with Crippen LogP contribution in [0.3, 0.4) is 0 Å². The monoisotopic (exact) mass is 470 g/mol. The molecule has 27 heavy (non-hydrogen) atoms. The van der Waals surface area contributed by atoms with Crippen LogP contribution >= 0.6 is 25.3 Å². The van der Waals surface area contributed by atoms with Gasteiger partial charge in [-0.25, -0.2) is 0 Å². The third-order valence-corrected chi connectivity index (χ3v) is 5.00. The van der Waals surface area contributed by atoms with Crippen LogP contribution in [-0.4, -0.2) is 22.4 Å². The van der Waals surface area contributed by atoms with Crippen LogP contribution in [0.4, 0.5) is 0 Å². The third kappa shape index (κ3) is 26.3. The minimum absolute atomic E-state index is 0. The molecular weight excluding hydrogens is 434 g/mol. The second kappa shape index (κ2) is 21.0. The first-order valence-electron chi connectivity index (χ1n) is 9.85. The van der Waals surface area contributed by atoms with E-state index in [9.17, 15) is 19.8 Å². The van der Waals surface area contributed by atoms with E-state index >= 15 is 0 Å². The average molecular weight is 472 g/mol. The predicted octanol–water partition coefficient (Wildman–Crippen LogP) is 3.28. The van der Waals surface area contributed by atoms with E-state index in [4.69, 9.17) is 0 Å². The summed E-state index contributed by atoms with van der Waals surface area (Å²) in [6, 6.07) is 0. The summed E-state index contributed by atoms with van der Waals surface area (Å²) in [4.78, 5) is 20.6. The van der Waals surface area contributed by atoms with Crippen molar-refractivity contribution >= 4 is 37.2 Å². The van der Waals surface area contributed by atoms with E-state index in [1.54, 1.807) is 0 Å². The molecule has 0 radical (unpaired) electrons. The molecule has 0 spiro atoms. The van der Waals surface area contributed by atoms with Gasteiger partial charge in [-0.05, 0) is 24.7 Å². The second-order valence-corrected chi connectivity index (χ2v) is 8.98. The summed E-state index contributed by atoms with van der Waals surface area (Å²) in [6.07, 6.45) is 10.2. The van der Waals surface area contributed by atoms with Gasteiger partial charge in [0.15, 0.2) is 0 Å². The number of unbranched alkanes of at least 4 members (excludes halogenated alkanes) is 4. The van der Waals surface area contributed by atoms with Crippen molar-refractivity contribution in [3.05, 3.63) is 0 Å². The van der Waals surface area contributed by atoms with E-state index in [2.05, 4.69) is 53.0 Å². The quantitative estimate of drug-likeness (QED) is 0.231. The van der Waals surface area contributed by atoms with Gasteiger partial charge < -0.3 is 19.8 Å². The summed E-state index contributed by atoms with van der Waals surface area (Å²) in [5.74, 6) is -0.611. The van der Waals surface area contributed by atoms with Gasteiger partial charge in [-0.3, -0.25) is 0 Å². The molecule has 0 aromatic carbocycles. The van der Waals surface area contributed by atoms with Gasteiger partial charge in [0.05, 0.1) is 11.9 Å². The standard InChI is InChI=1S/2C10H20O2S.Zn/c2*1-8(2)6-4-3-5-7-9(13)10(11)12;/h2*8-9,13H,3-7H2,1-2H3,(H,11,12);/q;;+2/p-2. The van der Waals surface area contributed by atoms with E-state index in [0.717, 1.165) is 37.5 Å². The number of hydrogen-bond donors (Lipinski definition) is 2. The zero-order valence-corrected chi connectivity index (χ0v) is 22.4. The topological polar surface area (TPSA) is 80.3 Å². The first-order chi connectivity index (χ1) is 12.1. The zero-order valence-electron chi connectivity index (χ0n) is 17.6. The summed E-state index contributed by atoms with van der Waals surface area (Å²) in [7, 11) is 0. The maximum absolute atomic E-state index is 10.3. The van der Waals surface area contributed by atoms with E-state index in [1.807, 2.05) is 0 Å². The molecule has 4 nitrogen and oxygen atoms in total. The van der Waals surface area contributed by atoms with Gasteiger partial charge in [-0.15, -0.1) is 0 Å². The molecule has 0 aliphatic carbocycles. The molecule has 0 saturated carbocycles. The molecule has 0 fully saturated rings. The van der Waals surface area contributed by atoms with Crippen molar-refractivity contribution in [1.29, 1.82) is 0 Å². The largest absolute Gasteiger partial charge is 2.00 e. The molecule has 0 aliphatic heterocycles. The second-order valence-electron chi connectivity index (χ2n) is 7.73. The van der Waals surface area contributed by atoms with Crippen LogP contribution < -0.4 is 10.2 Å². The van der Waals surface area contributed by atoms with Gasteiger partial charge in [0.2, 0.25) is 0 Å². The average Bonchev–Trinajstić information content (AvgIpc) is 2.53. The van der Waals surface area contributed by atoms with Crippen LogP contribution in [0.25, 0.3) is 0 Å². The molecule has 7 heteroatoms. The Morgan fingerprint density at radius 2 is 0.889 bits per heavy atom. The minimum Gasteiger partial charge on any atom is -0.549 e. The molecule has 0 saturated heterocycles. The van der Waals surface area contributed by atoms with E-state index in [-0.39, 0.29) is 19.5 Å².